The predicted octanol–water partition coefficient (Wildman–Crippen LogP) is 5.91. The number of urea groups is 1. The molecular weight excluding hydrogens is 831 g/mol. The number of hydrogen-bond donors (Lipinski definition) is 2. The van der Waals surface area contributed by atoms with Crippen molar-refractivity contribution in [1.29, 1.82) is 0 Å². The van der Waals surface area contributed by atoms with Gasteiger partial charge in [-0.15, -0.1) is 11.3 Å². The van der Waals surface area contributed by atoms with Gasteiger partial charge in [-0.3, -0.25) is 24.4 Å². The van der Waals surface area contributed by atoms with Gasteiger partial charge in [0.2, 0.25) is 5.91 Å². The molecule has 8 rings (SSSR count). The fraction of sp³-hybridized carbons (Fsp3) is 0.583. The number of nitrogens with zero attached hydrogens (tertiary/aromatic N) is 7. The number of fused-ring (bicyclic) bond motifs is 7. The van der Waals surface area contributed by atoms with Crippen molar-refractivity contribution in [3.63, 3.8) is 0 Å². The third-order valence-corrected chi connectivity index (χ3v) is 14.6. The van der Waals surface area contributed by atoms with E-state index in [-0.39, 0.29) is 43.0 Å². The van der Waals surface area contributed by atoms with Gasteiger partial charge in [0.25, 0.3) is 5.91 Å². The van der Waals surface area contributed by atoms with Crippen molar-refractivity contribution in [3.8, 4) is 22.5 Å². The van der Waals surface area contributed by atoms with E-state index in [0.29, 0.717) is 49.8 Å². The highest BCUT2D eigenvalue weighted by Gasteiger charge is 2.47. The van der Waals surface area contributed by atoms with E-state index in [1.165, 1.54) is 16.3 Å². The molecule has 0 radical (unpaired) electrons. The van der Waals surface area contributed by atoms with Gasteiger partial charge in [-0.25, -0.2) is 15.2 Å². The lowest BCUT2D eigenvalue weighted by Gasteiger charge is -2.54. The molecule has 0 aliphatic carbocycles. The summed E-state index contributed by atoms with van der Waals surface area (Å²) in [6.07, 6.45) is 4.23. The van der Waals surface area contributed by atoms with E-state index in [4.69, 9.17) is 19.4 Å². The van der Waals surface area contributed by atoms with Crippen molar-refractivity contribution >= 4 is 46.1 Å². The number of rotatable bonds is 8. The molecule has 6 bridgehead atoms. The monoisotopic (exact) mass is 895 g/mol. The SMILES string of the molecule is CCn1c(-c2cccnc2[C@H](C)OC)c2c3cc(ccc31)-c1csc(n1)C[C@H](NC(=O)C(C(C)C)N(C)C(=O)N1C[C@@H]3CN(C)CC[C@@H]31)C(=O)N1CCC[C@H](N1)C(=O)OCC(C)(C)C2. The van der Waals surface area contributed by atoms with E-state index >= 15 is 0 Å². The van der Waals surface area contributed by atoms with E-state index in [1.54, 1.807) is 25.3 Å². The number of cyclic esters (lactones) is 1. The normalized spacial score (nSPS) is 23.8. The molecule has 3 aromatic heterocycles. The summed E-state index contributed by atoms with van der Waals surface area (Å²) >= 11 is 1.44. The standard InChI is InChI=1S/C48H65N9O6S/c1-10-55-39-16-15-30-21-33(39)34(43(55)32-13-11-18-49-41(32)29(4)62-9)23-48(5,6)27-63-46(60)35-14-12-19-57(52-35)45(59)36(22-40-50-37(30)26-64-40)51-44(58)42(28(2)3)54(8)47(61)56-25-31-24-53(7)20-17-38(31)56/h11,13,15-16,18,21,26,28-29,31,35-36,38,42,52H,10,12,14,17,19-20,22-25,27H2,1-9H3,(H,51,58)/t29-,31-,35-,36-,38-,42?/m0/s1. The second kappa shape index (κ2) is 18.5. The number of carbonyl (C=O) groups excluding carboxylic acids is 4. The zero-order chi connectivity index (χ0) is 45.6. The predicted molar refractivity (Wildman–Crippen MR) is 247 cm³/mol. The van der Waals surface area contributed by atoms with Gasteiger partial charge in [0, 0.05) is 97.7 Å². The fourth-order valence-electron chi connectivity index (χ4n) is 10.3. The number of aromatic nitrogens is 3. The molecule has 4 aliphatic rings. The molecule has 1 unspecified atom stereocenters. The number of nitrogens with one attached hydrogen (secondary N) is 2. The van der Waals surface area contributed by atoms with Gasteiger partial charge in [0.15, 0.2) is 0 Å². The molecule has 0 saturated carbocycles. The second-order valence-corrected chi connectivity index (χ2v) is 20.3. The number of amides is 4. The summed E-state index contributed by atoms with van der Waals surface area (Å²) in [6.45, 7) is 16.0. The highest BCUT2D eigenvalue weighted by Crippen LogP contribution is 2.42. The van der Waals surface area contributed by atoms with Crippen LogP contribution in [0.1, 0.15) is 83.2 Å². The molecule has 4 aliphatic heterocycles. The van der Waals surface area contributed by atoms with Crippen LogP contribution in [-0.2, 0) is 43.2 Å². The molecule has 4 aromatic rings. The molecule has 15 nitrogen and oxygen atoms in total. The lowest BCUT2D eigenvalue weighted by Crippen LogP contribution is -2.68. The minimum Gasteiger partial charge on any atom is -0.464 e. The third kappa shape index (κ3) is 8.90. The minimum absolute atomic E-state index is 0.119. The molecule has 16 heteroatoms. The van der Waals surface area contributed by atoms with Crippen molar-refractivity contribution < 1.29 is 28.7 Å². The Morgan fingerprint density at radius 3 is 2.66 bits per heavy atom. The average molecular weight is 896 g/mol. The summed E-state index contributed by atoms with van der Waals surface area (Å²) in [5.74, 6) is -1.03. The molecule has 3 fully saturated rings. The smallest absolute Gasteiger partial charge is 0.324 e. The van der Waals surface area contributed by atoms with E-state index in [1.807, 2.05) is 37.1 Å². The van der Waals surface area contributed by atoms with Gasteiger partial charge in [-0.2, -0.15) is 0 Å². The number of carbonyl (C=O) groups is 4. The number of hydrogen-bond acceptors (Lipinski definition) is 11. The summed E-state index contributed by atoms with van der Waals surface area (Å²) in [4.78, 5) is 72.6. The number of likely N-dealkylation sites (tertiary alicyclic amines) is 2. The first kappa shape index (κ1) is 45.7. The number of likely N-dealkylation sites (N-methyl/N-ethyl adjacent to an activating group) is 1. The third-order valence-electron chi connectivity index (χ3n) is 13.7. The van der Waals surface area contributed by atoms with E-state index in [2.05, 4.69) is 72.3 Å². The number of esters is 1. The number of hydrazine groups is 1. The van der Waals surface area contributed by atoms with Crippen molar-refractivity contribution in [2.24, 2.45) is 17.3 Å². The van der Waals surface area contributed by atoms with E-state index in [0.717, 1.165) is 64.2 Å². The Morgan fingerprint density at radius 1 is 1.12 bits per heavy atom. The summed E-state index contributed by atoms with van der Waals surface area (Å²) in [7, 11) is 5.49. The quantitative estimate of drug-likeness (QED) is 0.204. The van der Waals surface area contributed by atoms with Crippen LogP contribution >= 0.6 is 11.3 Å². The van der Waals surface area contributed by atoms with Crippen molar-refractivity contribution in [1.82, 2.24) is 45.0 Å². The van der Waals surface area contributed by atoms with E-state index < -0.39 is 35.4 Å². The first-order valence-corrected chi connectivity index (χ1v) is 23.8. The maximum atomic E-state index is 14.6. The number of pyridine rings is 1. The number of piperidine rings is 1. The number of benzene rings is 1. The Labute approximate surface area is 380 Å². The highest BCUT2D eigenvalue weighted by molar-refractivity contribution is 7.10. The Balaban J connectivity index is 1.16. The molecule has 1 aromatic carbocycles. The number of ether oxygens (including phenoxy) is 2. The number of aryl methyl sites for hydroxylation is 1. The molecule has 3 saturated heterocycles. The Morgan fingerprint density at radius 2 is 1.92 bits per heavy atom. The van der Waals surface area contributed by atoms with Gasteiger partial charge in [0.1, 0.15) is 18.1 Å². The largest absolute Gasteiger partial charge is 0.464 e. The molecule has 64 heavy (non-hydrogen) atoms. The van der Waals surface area contributed by atoms with Gasteiger partial charge in [0.05, 0.1) is 34.8 Å². The lowest BCUT2D eigenvalue weighted by molar-refractivity contribution is -0.155. The summed E-state index contributed by atoms with van der Waals surface area (Å²) in [6, 6.07) is 7.87. The molecule has 7 heterocycles. The lowest BCUT2D eigenvalue weighted by atomic mass is 9.83. The van der Waals surface area contributed by atoms with Gasteiger partial charge >= 0.3 is 12.0 Å². The molecular formula is C48H65N9O6S. The zero-order valence-electron chi connectivity index (χ0n) is 38.8. The van der Waals surface area contributed by atoms with Crippen LogP contribution < -0.4 is 10.7 Å². The van der Waals surface area contributed by atoms with Gasteiger partial charge in [-0.1, -0.05) is 33.8 Å². The van der Waals surface area contributed by atoms with Crippen LogP contribution in [0.4, 0.5) is 4.79 Å². The van der Waals surface area contributed by atoms with Gasteiger partial charge < -0.3 is 34.1 Å². The topological polar surface area (TPSA) is 154 Å². The molecule has 4 amide bonds. The van der Waals surface area contributed by atoms with Crippen LogP contribution in [0.3, 0.4) is 0 Å². The molecule has 344 valence electrons. The first-order valence-electron chi connectivity index (χ1n) is 22.9. The summed E-state index contributed by atoms with van der Waals surface area (Å²) in [5.41, 5.74) is 9.44. The fourth-order valence-corrected chi connectivity index (χ4v) is 11.2. The average Bonchev–Trinajstić information content (AvgIpc) is 3.86. The summed E-state index contributed by atoms with van der Waals surface area (Å²) < 4.78 is 14.3. The Bertz CT molecular complexity index is 2390. The molecule has 0 spiro atoms. The molecule has 2 N–H and O–H groups in total. The number of thiazole rings is 1. The maximum Gasteiger partial charge on any atom is 0.324 e. The van der Waals surface area contributed by atoms with Crippen LogP contribution in [0.25, 0.3) is 33.4 Å². The van der Waals surface area contributed by atoms with Crippen molar-refractivity contribution in [2.75, 3.05) is 54.0 Å². The Kier molecular flexibility index (Phi) is 13.2. The van der Waals surface area contributed by atoms with Crippen molar-refractivity contribution in [2.45, 2.75) is 110 Å². The summed E-state index contributed by atoms with van der Waals surface area (Å²) in [5, 5.41) is 8.27. The van der Waals surface area contributed by atoms with Crippen LogP contribution in [0.2, 0.25) is 0 Å². The maximum absolute atomic E-state index is 14.6. The Hall–Kier alpha value is -4.90. The first-order chi connectivity index (χ1) is 30.6. The van der Waals surface area contributed by atoms with Crippen LogP contribution in [0, 0.1) is 17.3 Å². The van der Waals surface area contributed by atoms with Crippen LogP contribution in [-0.4, -0.2) is 136 Å². The van der Waals surface area contributed by atoms with Crippen molar-refractivity contribution in [3.05, 3.63) is 58.2 Å². The highest BCUT2D eigenvalue weighted by atomic mass is 32.1. The van der Waals surface area contributed by atoms with Crippen LogP contribution in [0.15, 0.2) is 41.9 Å². The second-order valence-electron chi connectivity index (χ2n) is 19.4. The van der Waals surface area contributed by atoms with Crippen LogP contribution in [0.5, 0.6) is 0 Å². The number of methoxy groups -OCH3 is 1. The minimum atomic E-state index is -1.03. The van der Waals surface area contributed by atoms with Gasteiger partial charge in [-0.05, 0) is 88.9 Å². The molecule has 6 atom stereocenters. The van der Waals surface area contributed by atoms with E-state index in [9.17, 15) is 19.2 Å². The zero-order valence-corrected chi connectivity index (χ0v) is 39.7.